The maximum Gasteiger partial charge on any atom is 0.325 e. The lowest BCUT2D eigenvalue weighted by atomic mass is 9.98. The Morgan fingerprint density at radius 2 is 2.00 bits per heavy atom. The summed E-state index contributed by atoms with van der Waals surface area (Å²) in [7, 11) is 0. The normalized spacial score (nSPS) is 17.5. The van der Waals surface area contributed by atoms with Crippen molar-refractivity contribution in [1.29, 1.82) is 0 Å². The molecule has 3 rings (SSSR count). The van der Waals surface area contributed by atoms with Gasteiger partial charge in [-0.3, -0.25) is 19.3 Å². The van der Waals surface area contributed by atoms with Crippen LogP contribution in [0.4, 0.5) is 10.5 Å². The summed E-state index contributed by atoms with van der Waals surface area (Å²) in [5.74, 6) is -1.28. The first-order valence-electron chi connectivity index (χ1n) is 9.66. The number of anilines is 1. The molecule has 1 aliphatic carbocycles. The SMILES string of the molecule is Cc1ccc(NC(=O)COC(=O)CCCN2C(=O)NC3(CCCC3)C2=O)c(Cl)c1. The molecule has 1 aromatic rings. The molecule has 1 saturated heterocycles. The first kappa shape index (κ1) is 21.1. The van der Waals surface area contributed by atoms with Crippen LogP contribution in [0.5, 0.6) is 0 Å². The van der Waals surface area contributed by atoms with Crippen molar-refractivity contribution in [2.75, 3.05) is 18.5 Å². The van der Waals surface area contributed by atoms with Gasteiger partial charge in [0.1, 0.15) is 5.54 Å². The Bertz CT molecular complexity index is 835. The van der Waals surface area contributed by atoms with Crippen LogP contribution in [0.2, 0.25) is 5.02 Å². The molecule has 29 heavy (non-hydrogen) atoms. The molecule has 2 aliphatic rings. The van der Waals surface area contributed by atoms with Crippen LogP contribution >= 0.6 is 11.6 Å². The van der Waals surface area contributed by atoms with Gasteiger partial charge in [-0.1, -0.05) is 30.5 Å². The molecule has 0 unspecified atom stereocenters. The predicted molar refractivity (Wildman–Crippen MR) is 106 cm³/mol. The first-order chi connectivity index (χ1) is 13.8. The summed E-state index contributed by atoms with van der Waals surface area (Å²) in [6.07, 6.45) is 3.44. The van der Waals surface area contributed by atoms with Crippen molar-refractivity contribution in [3.05, 3.63) is 28.8 Å². The Morgan fingerprint density at radius 3 is 2.69 bits per heavy atom. The second-order valence-electron chi connectivity index (χ2n) is 7.47. The average Bonchev–Trinajstić information content (AvgIpc) is 3.23. The van der Waals surface area contributed by atoms with Gasteiger partial charge in [-0.25, -0.2) is 4.79 Å². The predicted octanol–water partition coefficient (Wildman–Crippen LogP) is 2.77. The molecule has 0 atom stereocenters. The Kier molecular flexibility index (Phi) is 6.42. The maximum atomic E-state index is 12.5. The lowest BCUT2D eigenvalue weighted by molar-refractivity contribution is -0.147. The van der Waals surface area contributed by atoms with Gasteiger partial charge >= 0.3 is 12.0 Å². The Morgan fingerprint density at radius 1 is 1.28 bits per heavy atom. The smallest absolute Gasteiger partial charge is 0.325 e. The average molecular weight is 422 g/mol. The number of halogens is 1. The van der Waals surface area contributed by atoms with Crippen molar-refractivity contribution in [1.82, 2.24) is 10.2 Å². The maximum absolute atomic E-state index is 12.5. The highest BCUT2D eigenvalue weighted by Gasteiger charge is 2.52. The summed E-state index contributed by atoms with van der Waals surface area (Å²) in [4.78, 5) is 49.5. The molecule has 9 heteroatoms. The molecular formula is C20H24ClN3O5. The summed E-state index contributed by atoms with van der Waals surface area (Å²) in [5, 5.41) is 5.78. The van der Waals surface area contributed by atoms with E-state index >= 15 is 0 Å². The fraction of sp³-hybridized carbons (Fsp3) is 0.500. The van der Waals surface area contributed by atoms with E-state index in [1.807, 2.05) is 6.92 Å². The molecule has 0 bridgehead atoms. The van der Waals surface area contributed by atoms with Crippen molar-refractivity contribution in [3.63, 3.8) is 0 Å². The fourth-order valence-electron chi connectivity index (χ4n) is 3.70. The second-order valence-corrected chi connectivity index (χ2v) is 7.88. The van der Waals surface area contributed by atoms with E-state index in [9.17, 15) is 19.2 Å². The van der Waals surface area contributed by atoms with Crippen LogP contribution in [0.1, 0.15) is 44.1 Å². The molecule has 8 nitrogen and oxygen atoms in total. The lowest BCUT2D eigenvalue weighted by Gasteiger charge is -2.19. The number of carbonyl (C=O) groups excluding carboxylic acids is 4. The van der Waals surface area contributed by atoms with E-state index in [0.717, 1.165) is 18.4 Å². The number of aryl methyl sites for hydroxylation is 1. The number of esters is 1. The van der Waals surface area contributed by atoms with E-state index < -0.39 is 30.1 Å². The molecular weight excluding hydrogens is 398 g/mol. The van der Waals surface area contributed by atoms with Gasteiger partial charge in [0, 0.05) is 13.0 Å². The molecule has 1 saturated carbocycles. The fourth-order valence-corrected chi connectivity index (χ4v) is 3.99. The number of urea groups is 1. The van der Waals surface area contributed by atoms with Gasteiger partial charge in [-0.15, -0.1) is 0 Å². The van der Waals surface area contributed by atoms with Crippen LogP contribution in [0, 0.1) is 6.92 Å². The summed E-state index contributed by atoms with van der Waals surface area (Å²) < 4.78 is 4.95. The molecule has 4 amide bonds. The van der Waals surface area contributed by atoms with Crippen molar-refractivity contribution in [3.8, 4) is 0 Å². The van der Waals surface area contributed by atoms with E-state index in [2.05, 4.69) is 10.6 Å². The number of hydrogen-bond acceptors (Lipinski definition) is 5. The van der Waals surface area contributed by atoms with Gasteiger partial charge < -0.3 is 15.4 Å². The number of nitrogens with one attached hydrogen (secondary N) is 2. The Labute approximate surface area is 173 Å². The number of benzene rings is 1. The van der Waals surface area contributed by atoms with E-state index in [-0.39, 0.29) is 25.3 Å². The monoisotopic (exact) mass is 421 g/mol. The highest BCUT2D eigenvalue weighted by atomic mass is 35.5. The van der Waals surface area contributed by atoms with Crippen LogP contribution in [0.3, 0.4) is 0 Å². The van der Waals surface area contributed by atoms with Gasteiger partial charge in [0.2, 0.25) is 0 Å². The second kappa shape index (κ2) is 8.82. The summed E-state index contributed by atoms with van der Waals surface area (Å²) in [6.45, 7) is 1.59. The highest BCUT2D eigenvalue weighted by Crippen LogP contribution is 2.35. The zero-order valence-corrected chi connectivity index (χ0v) is 17.0. The molecule has 1 heterocycles. The molecule has 1 aliphatic heterocycles. The number of ether oxygens (including phenoxy) is 1. The Hall–Kier alpha value is -2.61. The quantitative estimate of drug-likeness (QED) is 0.520. The van der Waals surface area contributed by atoms with Crippen molar-refractivity contribution >= 4 is 41.1 Å². The van der Waals surface area contributed by atoms with Gasteiger partial charge in [0.05, 0.1) is 10.7 Å². The van der Waals surface area contributed by atoms with E-state index in [4.69, 9.17) is 16.3 Å². The van der Waals surface area contributed by atoms with Gasteiger partial charge in [-0.2, -0.15) is 0 Å². The number of amides is 4. The van der Waals surface area contributed by atoms with Gasteiger partial charge in [0.25, 0.3) is 11.8 Å². The molecule has 2 N–H and O–H groups in total. The number of carbonyl (C=O) groups is 4. The highest BCUT2D eigenvalue weighted by molar-refractivity contribution is 6.33. The van der Waals surface area contributed by atoms with Crippen LogP contribution in [0.15, 0.2) is 18.2 Å². The molecule has 2 fully saturated rings. The molecule has 0 aromatic heterocycles. The number of nitrogens with zero attached hydrogens (tertiary/aromatic N) is 1. The molecule has 156 valence electrons. The molecule has 1 spiro atoms. The third-order valence-electron chi connectivity index (χ3n) is 5.23. The van der Waals surface area contributed by atoms with E-state index in [1.54, 1.807) is 18.2 Å². The largest absolute Gasteiger partial charge is 0.456 e. The molecule has 1 aromatic carbocycles. The van der Waals surface area contributed by atoms with Crippen LogP contribution < -0.4 is 10.6 Å². The van der Waals surface area contributed by atoms with Crippen molar-refractivity contribution in [2.24, 2.45) is 0 Å². The standard InChI is InChI=1S/C20H24ClN3O5/c1-13-6-7-15(14(21)11-13)22-16(25)12-29-17(26)5-4-10-24-18(27)20(23-19(24)28)8-2-3-9-20/h6-7,11H,2-5,8-10,12H2,1H3,(H,22,25)(H,23,28). The van der Waals surface area contributed by atoms with Crippen molar-refractivity contribution < 1.29 is 23.9 Å². The van der Waals surface area contributed by atoms with Crippen LogP contribution in [0.25, 0.3) is 0 Å². The minimum absolute atomic E-state index is 0.00261. The van der Waals surface area contributed by atoms with E-state index in [0.29, 0.717) is 23.6 Å². The number of hydrogen-bond donors (Lipinski definition) is 2. The summed E-state index contributed by atoms with van der Waals surface area (Å²) >= 11 is 6.05. The third-order valence-corrected chi connectivity index (χ3v) is 5.54. The Balaban J connectivity index is 1.38. The summed E-state index contributed by atoms with van der Waals surface area (Å²) in [6, 6.07) is 4.79. The van der Waals surface area contributed by atoms with Gasteiger partial charge in [-0.05, 0) is 43.9 Å². The topological polar surface area (TPSA) is 105 Å². The zero-order valence-electron chi connectivity index (χ0n) is 16.3. The van der Waals surface area contributed by atoms with E-state index in [1.165, 1.54) is 4.90 Å². The molecule has 0 radical (unpaired) electrons. The first-order valence-corrected chi connectivity index (χ1v) is 10.0. The summed E-state index contributed by atoms with van der Waals surface area (Å²) in [5.41, 5.74) is 0.661. The van der Waals surface area contributed by atoms with Crippen LogP contribution in [-0.4, -0.2) is 47.4 Å². The van der Waals surface area contributed by atoms with Crippen molar-refractivity contribution in [2.45, 2.75) is 51.0 Å². The lowest BCUT2D eigenvalue weighted by Crippen LogP contribution is -2.44. The van der Waals surface area contributed by atoms with Crippen LogP contribution in [-0.2, 0) is 19.1 Å². The van der Waals surface area contributed by atoms with Gasteiger partial charge in [0.15, 0.2) is 6.61 Å². The minimum atomic E-state index is -0.743. The number of imide groups is 1. The minimum Gasteiger partial charge on any atom is -0.456 e. The zero-order chi connectivity index (χ0) is 21.0. The number of rotatable bonds is 7. The third kappa shape index (κ3) is 4.87.